The van der Waals surface area contributed by atoms with E-state index >= 15 is 0 Å². The van der Waals surface area contributed by atoms with Crippen LogP contribution in [-0.2, 0) is 4.79 Å². The van der Waals surface area contributed by atoms with Gasteiger partial charge in [0.15, 0.2) is 11.5 Å². The molecule has 2 amide bonds. The molecule has 20 heavy (non-hydrogen) atoms. The molecule has 3 heterocycles. The van der Waals surface area contributed by atoms with Crippen molar-refractivity contribution in [3.63, 3.8) is 0 Å². The topological polar surface area (TPSA) is 78.4 Å². The zero-order chi connectivity index (χ0) is 13.9. The van der Waals surface area contributed by atoms with Crippen LogP contribution in [0.15, 0.2) is 12.1 Å². The van der Waals surface area contributed by atoms with E-state index in [2.05, 4.69) is 20.4 Å². The largest absolute Gasteiger partial charge is 0.355 e. The Labute approximate surface area is 117 Å². The molecule has 1 N–H and O–H groups in total. The number of piperazine rings is 1. The van der Waals surface area contributed by atoms with Crippen LogP contribution in [0.25, 0.3) is 0 Å². The third-order valence-electron chi connectivity index (χ3n) is 3.63. The lowest BCUT2D eigenvalue weighted by molar-refractivity contribution is -0.123. The lowest BCUT2D eigenvalue weighted by Gasteiger charge is -2.26. The Morgan fingerprint density at radius 1 is 1.15 bits per heavy atom. The van der Waals surface area contributed by atoms with Crippen molar-refractivity contribution >= 4 is 17.6 Å². The highest BCUT2D eigenvalue weighted by molar-refractivity contribution is 5.95. The molecule has 0 aliphatic carbocycles. The van der Waals surface area contributed by atoms with Gasteiger partial charge in [0, 0.05) is 26.2 Å². The summed E-state index contributed by atoms with van der Waals surface area (Å²) in [5, 5.41) is 10.8. The summed E-state index contributed by atoms with van der Waals surface area (Å²) in [6.45, 7) is 3.08. The fourth-order valence-electron chi connectivity index (χ4n) is 2.53. The summed E-state index contributed by atoms with van der Waals surface area (Å²) in [6.07, 6.45) is 2.34. The van der Waals surface area contributed by atoms with Gasteiger partial charge in [-0.15, -0.1) is 10.2 Å². The molecule has 0 spiro atoms. The van der Waals surface area contributed by atoms with Crippen LogP contribution in [0.2, 0.25) is 0 Å². The Kier molecular flexibility index (Phi) is 3.49. The third-order valence-corrected chi connectivity index (χ3v) is 3.63. The van der Waals surface area contributed by atoms with Crippen LogP contribution in [0.3, 0.4) is 0 Å². The maximum absolute atomic E-state index is 12.2. The van der Waals surface area contributed by atoms with Gasteiger partial charge < -0.3 is 15.1 Å². The molecule has 0 atom stereocenters. The van der Waals surface area contributed by atoms with Crippen molar-refractivity contribution in [3.8, 4) is 0 Å². The Morgan fingerprint density at radius 3 is 2.60 bits per heavy atom. The SMILES string of the molecule is O=C1CN(C(=O)c2ccc(N3CCCC3)nn2)CCN1. The van der Waals surface area contributed by atoms with Crippen molar-refractivity contribution in [2.24, 2.45) is 0 Å². The Bertz CT molecular complexity index is 510. The number of aromatic nitrogens is 2. The van der Waals surface area contributed by atoms with Crippen LogP contribution in [0.5, 0.6) is 0 Å². The molecule has 1 aromatic heterocycles. The minimum Gasteiger partial charge on any atom is -0.355 e. The molecule has 2 fully saturated rings. The standard InChI is InChI=1S/C13H17N5O2/c19-12-9-18(8-5-14-12)13(20)10-3-4-11(16-15-10)17-6-1-2-7-17/h3-4H,1-2,5-9H2,(H,14,19). The highest BCUT2D eigenvalue weighted by Crippen LogP contribution is 2.16. The van der Waals surface area contributed by atoms with Crippen LogP contribution in [0.4, 0.5) is 5.82 Å². The maximum Gasteiger partial charge on any atom is 0.274 e. The van der Waals surface area contributed by atoms with Crippen LogP contribution < -0.4 is 10.2 Å². The fourth-order valence-corrected chi connectivity index (χ4v) is 2.53. The van der Waals surface area contributed by atoms with E-state index in [9.17, 15) is 9.59 Å². The summed E-state index contributed by atoms with van der Waals surface area (Å²) < 4.78 is 0. The van der Waals surface area contributed by atoms with Crippen molar-refractivity contribution in [2.45, 2.75) is 12.8 Å². The van der Waals surface area contributed by atoms with Gasteiger partial charge in [0.1, 0.15) is 0 Å². The van der Waals surface area contributed by atoms with E-state index in [1.54, 1.807) is 6.07 Å². The number of amides is 2. The summed E-state index contributed by atoms with van der Waals surface area (Å²) in [5.41, 5.74) is 0.294. The first-order valence-electron chi connectivity index (χ1n) is 6.89. The lowest BCUT2D eigenvalue weighted by Crippen LogP contribution is -2.50. The highest BCUT2D eigenvalue weighted by atomic mass is 16.2. The van der Waals surface area contributed by atoms with E-state index in [0.717, 1.165) is 18.9 Å². The van der Waals surface area contributed by atoms with Crippen molar-refractivity contribution in [2.75, 3.05) is 37.6 Å². The molecule has 0 saturated carbocycles. The van der Waals surface area contributed by atoms with Crippen LogP contribution in [-0.4, -0.2) is 59.6 Å². The average Bonchev–Trinajstić information content (AvgIpc) is 3.01. The summed E-state index contributed by atoms with van der Waals surface area (Å²) in [6, 6.07) is 3.52. The van der Waals surface area contributed by atoms with E-state index in [1.165, 1.54) is 17.7 Å². The highest BCUT2D eigenvalue weighted by Gasteiger charge is 2.24. The van der Waals surface area contributed by atoms with Gasteiger partial charge in [-0.1, -0.05) is 0 Å². The van der Waals surface area contributed by atoms with Gasteiger partial charge in [-0.25, -0.2) is 0 Å². The number of nitrogens with one attached hydrogen (secondary N) is 1. The number of carbonyl (C=O) groups excluding carboxylic acids is 2. The molecular formula is C13H17N5O2. The molecule has 7 nitrogen and oxygen atoms in total. The molecular weight excluding hydrogens is 258 g/mol. The number of nitrogens with zero attached hydrogens (tertiary/aromatic N) is 4. The molecule has 0 bridgehead atoms. The van der Waals surface area contributed by atoms with Gasteiger partial charge in [0.2, 0.25) is 5.91 Å². The molecule has 0 radical (unpaired) electrons. The number of anilines is 1. The predicted octanol–water partition coefficient (Wildman–Crippen LogP) is -0.351. The molecule has 2 aliphatic rings. The van der Waals surface area contributed by atoms with E-state index in [1.807, 2.05) is 6.07 Å². The molecule has 0 aromatic carbocycles. The zero-order valence-electron chi connectivity index (χ0n) is 11.2. The Balaban J connectivity index is 1.70. The lowest BCUT2D eigenvalue weighted by atomic mass is 10.3. The van der Waals surface area contributed by atoms with E-state index < -0.39 is 0 Å². The number of rotatable bonds is 2. The average molecular weight is 275 g/mol. The maximum atomic E-state index is 12.2. The van der Waals surface area contributed by atoms with Crippen molar-refractivity contribution in [3.05, 3.63) is 17.8 Å². The minimum atomic E-state index is -0.236. The van der Waals surface area contributed by atoms with Gasteiger partial charge in [0.25, 0.3) is 5.91 Å². The van der Waals surface area contributed by atoms with E-state index in [-0.39, 0.29) is 18.4 Å². The monoisotopic (exact) mass is 275 g/mol. The molecule has 3 rings (SSSR count). The van der Waals surface area contributed by atoms with Crippen LogP contribution in [0, 0.1) is 0 Å². The quantitative estimate of drug-likeness (QED) is 0.798. The van der Waals surface area contributed by atoms with Gasteiger partial charge in [-0.05, 0) is 25.0 Å². The van der Waals surface area contributed by atoms with Gasteiger partial charge in [0.05, 0.1) is 6.54 Å². The number of hydrogen-bond acceptors (Lipinski definition) is 5. The van der Waals surface area contributed by atoms with Crippen LogP contribution >= 0.6 is 0 Å². The minimum absolute atomic E-state index is 0.0917. The van der Waals surface area contributed by atoms with E-state index in [4.69, 9.17) is 0 Å². The van der Waals surface area contributed by atoms with Crippen molar-refractivity contribution in [1.82, 2.24) is 20.4 Å². The first kappa shape index (κ1) is 12.8. The summed E-state index contributed by atoms with van der Waals surface area (Å²) in [4.78, 5) is 27.2. The van der Waals surface area contributed by atoms with Gasteiger partial charge >= 0.3 is 0 Å². The first-order valence-corrected chi connectivity index (χ1v) is 6.89. The molecule has 1 aromatic rings. The summed E-state index contributed by atoms with van der Waals surface area (Å²) in [5.74, 6) is 0.446. The molecule has 2 aliphatic heterocycles. The zero-order valence-corrected chi connectivity index (χ0v) is 11.2. The van der Waals surface area contributed by atoms with E-state index in [0.29, 0.717) is 18.8 Å². The Hall–Kier alpha value is -2.18. The first-order chi connectivity index (χ1) is 9.74. The summed E-state index contributed by atoms with van der Waals surface area (Å²) >= 11 is 0. The van der Waals surface area contributed by atoms with Gasteiger partial charge in [-0.3, -0.25) is 9.59 Å². The molecule has 7 heteroatoms. The fraction of sp³-hybridized carbons (Fsp3) is 0.538. The predicted molar refractivity (Wildman–Crippen MR) is 72.4 cm³/mol. The second-order valence-corrected chi connectivity index (χ2v) is 5.05. The smallest absolute Gasteiger partial charge is 0.274 e. The third kappa shape index (κ3) is 2.56. The normalized spacial score (nSPS) is 19.1. The van der Waals surface area contributed by atoms with Gasteiger partial charge in [-0.2, -0.15) is 0 Å². The van der Waals surface area contributed by atoms with Crippen molar-refractivity contribution < 1.29 is 9.59 Å². The number of carbonyl (C=O) groups is 2. The molecule has 2 saturated heterocycles. The Morgan fingerprint density at radius 2 is 1.95 bits per heavy atom. The van der Waals surface area contributed by atoms with Crippen molar-refractivity contribution in [1.29, 1.82) is 0 Å². The summed E-state index contributed by atoms with van der Waals surface area (Å²) in [7, 11) is 0. The second-order valence-electron chi connectivity index (χ2n) is 5.05. The molecule has 0 unspecified atom stereocenters. The number of hydrogen-bond donors (Lipinski definition) is 1. The second kappa shape index (κ2) is 5.44. The molecule has 106 valence electrons. The van der Waals surface area contributed by atoms with Crippen LogP contribution in [0.1, 0.15) is 23.3 Å².